The van der Waals surface area contributed by atoms with Crippen LogP contribution in [0.3, 0.4) is 0 Å². The van der Waals surface area contributed by atoms with E-state index in [1.807, 2.05) is 19.1 Å². The van der Waals surface area contributed by atoms with E-state index in [1.165, 1.54) is 11.3 Å². The van der Waals surface area contributed by atoms with Crippen LogP contribution < -0.4 is 5.32 Å². The maximum atomic E-state index is 12.0. The normalized spacial score (nSPS) is 13.4. The molecule has 0 atom stereocenters. The zero-order valence-electron chi connectivity index (χ0n) is 10.1. The molecule has 0 aromatic carbocycles. The Hall–Kier alpha value is -1.75. The van der Waals surface area contributed by atoms with Crippen molar-refractivity contribution in [2.24, 2.45) is 0 Å². The van der Waals surface area contributed by atoms with Crippen molar-refractivity contribution < 1.29 is 4.79 Å². The molecule has 4 nitrogen and oxygen atoms in total. The van der Waals surface area contributed by atoms with E-state index in [2.05, 4.69) is 15.3 Å². The number of aromatic nitrogens is 2. The maximum absolute atomic E-state index is 12.0. The van der Waals surface area contributed by atoms with Gasteiger partial charge in [0.1, 0.15) is 5.69 Å². The lowest BCUT2D eigenvalue weighted by Gasteiger charge is -2.01. The van der Waals surface area contributed by atoms with E-state index in [-0.39, 0.29) is 5.91 Å². The number of carbonyl (C=O) groups is 1. The second kappa shape index (κ2) is 4.49. The van der Waals surface area contributed by atoms with Crippen molar-refractivity contribution in [3.8, 4) is 0 Å². The van der Waals surface area contributed by atoms with Crippen LogP contribution in [0, 0.1) is 6.92 Å². The minimum Gasteiger partial charge on any atom is -0.296 e. The summed E-state index contributed by atoms with van der Waals surface area (Å²) < 4.78 is 0. The molecule has 92 valence electrons. The molecular weight excluding hydrogens is 246 g/mol. The lowest BCUT2D eigenvalue weighted by molar-refractivity contribution is 0.102. The summed E-state index contributed by atoms with van der Waals surface area (Å²) in [4.78, 5) is 21.9. The number of fused-ring (bicyclic) bond motifs is 1. The van der Waals surface area contributed by atoms with Crippen LogP contribution in [0.15, 0.2) is 18.2 Å². The predicted molar refractivity (Wildman–Crippen MR) is 71.1 cm³/mol. The predicted octanol–water partition coefficient (Wildman–Crippen LogP) is 2.59. The lowest BCUT2D eigenvalue weighted by atomic mass is 10.3. The summed E-state index contributed by atoms with van der Waals surface area (Å²) >= 11 is 1.58. The van der Waals surface area contributed by atoms with E-state index in [9.17, 15) is 4.79 Å². The van der Waals surface area contributed by atoms with Gasteiger partial charge in [-0.15, -0.1) is 11.3 Å². The second-order valence-electron chi connectivity index (χ2n) is 4.36. The molecule has 2 aromatic rings. The average molecular weight is 259 g/mol. The van der Waals surface area contributed by atoms with E-state index in [4.69, 9.17) is 0 Å². The smallest absolute Gasteiger partial charge is 0.276 e. The van der Waals surface area contributed by atoms with E-state index < -0.39 is 0 Å². The standard InChI is InChI=1S/C13H13N3OS/c1-8-4-2-6-10(14-8)12(17)16-13-15-9-5-3-7-11(9)18-13/h2,4,6H,3,5,7H2,1H3,(H,15,16,17). The van der Waals surface area contributed by atoms with Gasteiger partial charge in [-0.1, -0.05) is 6.07 Å². The summed E-state index contributed by atoms with van der Waals surface area (Å²) in [6.45, 7) is 1.87. The third-order valence-electron chi connectivity index (χ3n) is 2.94. The maximum Gasteiger partial charge on any atom is 0.276 e. The third-order valence-corrected chi connectivity index (χ3v) is 4.01. The number of nitrogens with zero attached hydrogens (tertiary/aromatic N) is 2. The van der Waals surface area contributed by atoms with Gasteiger partial charge >= 0.3 is 0 Å². The van der Waals surface area contributed by atoms with E-state index >= 15 is 0 Å². The van der Waals surface area contributed by atoms with Gasteiger partial charge in [-0.25, -0.2) is 9.97 Å². The number of hydrogen-bond acceptors (Lipinski definition) is 4. The fourth-order valence-electron chi connectivity index (χ4n) is 2.07. The fraction of sp³-hybridized carbons (Fsp3) is 0.308. The SMILES string of the molecule is Cc1cccc(C(=O)Nc2nc3c(s2)CCC3)n1. The summed E-state index contributed by atoms with van der Waals surface area (Å²) in [7, 11) is 0. The zero-order valence-corrected chi connectivity index (χ0v) is 10.9. The molecule has 0 fully saturated rings. The first-order valence-electron chi connectivity index (χ1n) is 5.96. The molecule has 1 aliphatic rings. The number of nitrogens with one attached hydrogen (secondary N) is 1. The van der Waals surface area contributed by atoms with Gasteiger partial charge in [0.05, 0.1) is 5.69 Å². The van der Waals surface area contributed by atoms with Crippen LogP contribution in [-0.2, 0) is 12.8 Å². The van der Waals surface area contributed by atoms with Gasteiger partial charge in [-0.3, -0.25) is 10.1 Å². The van der Waals surface area contributed by atoms with Crippen molar-refractivity contribution >= 4 is 22.4 Å². The molecule has 2 aromatic heterocycles. The quantitative estimate of drug-likeness (QED) is 0.902. The van der Waals surface area contributed by atoms with Gasteiger partial charge in [-0.2, -0.15) is 0 Å². The van der Waals surface area contributed by atoms with Crippen molar-refractivity contribution in [2.75, 3.05) is 5.32 Å². The molecule has 2 heterocycles. The monoisotopic (exact) mass is 259 g/mol. The van der Waals surface area contributed by atoms with Crippen LogP contribution in [0.2, 0.25) is 0 Å². The Balaban J connectivity index is 1.78. The van der Waals surface area contributed by atoms with Crippen LogP contribution in [0.4, 0.5) is 5.13 Å². The number of rotatable bonds is 2. The molecule has 18 heavy (non-hydrogen) atoms. The molecule has 0 spiro atoms. The van der Waals surface area contributed by atoms with Crippen LogP contribution in [0.5, 0.6) is 0 Å². The molecule has 5 heteroatoms. The lowest BCUT2D eigenvalue weighted by Crippen LogP contribution is -2.13. The van der Waals surface area contributed by atoms with Crippen molar-refractivity contribution in [3.63, 3.8) is 0 Å². The number of anilines is 1. The third kappa shape index (κ3) is 2.13. The highest BCUT2D eigenvalue weighted by molar-refractivity contribution is 7.15. The number of aryl methyl sites for hydroxylation is 3. The Kier molecular flexibility index (Phi) is 2.83. The minimum atomic E-state index is -0.189. The Morgan fingerprint density at radius 3 is 3.00 bits per heavy atom. The van der Waals surface area contributed by atoms with E-state index in [1.54, 1.807) is 17.4 Å². The molecule has 1 N–H and O–H groups in total. The summed E-state index contributed by atoms with van der Waals surface area (Å²) in [6.07, 6.45) is 3.30. The first-order chi connectivity index (χ1) is 8.72. The molecule has 0 radical (unpaired) electrons. The molecular formula is C13H13N3OS. The molecule has 0 aliphatic heterocycles. The van der Waals surface area contributed by atoms with Crippen LogP contribution in [0.1, 0.15) is 33.2 Å². The van der Waals surface area contributed by atoms with E-state index in [0.29, 0.717) is 10.8 Å². The molecule has 0 saturated carbocycles. The number of hydrogen-bond donors (Lipinski definition) is 1. The summed E-state index contributed by atoms with van der Waals surface area (Å²) in [6, 6.07) is 5.41. The molecule has 0 unspecified atom stereocenters. The first-order valence-corrected chi connectivity index (χ1v) is 6.77. The summed E-state index contributed by atoms with van der Waals surface area (Å²) in [5, 5.41) is 3.51. The molecule has 1 amide bonds. The van der Waals surface area contributed by atoms with Gasteiger partial charge in [-0.05, 0) is 38.3 Å². The number of carbonyl (C=O) groups excluding carboxylic acids is 1. The van der Waals surface area contributed by atoms with Crippen molar-refractivity contribution in [1.82, 2.24) is 9.97 Å². The van der Waals surface area contributed by atoms with Gasteiger partial charge in [0.15, 0.2) is 5.13 Å². The topological polar surface area (TPSA) is 54.9 Å². The fourth-order valence-corrected chi connectivity index (χ4v) is 3.12. The van der Waals surface area contributed by atoms with Gasteiger partial charge < -0.3 is 0 Å². The van der Waals surface area contributed by atoms with Crippen LogP contribution >= 0.6 is 11.3 Å². The average Bonchev–Trinajstić information content (AvgIpc) is 2.89. The Labute approximate surface area is 109 Å². The van der Waals surface area contributed by atoms with Gasteiger partial charge in [0, 0.05) is 10.6 Å². The number of amides is 1. The van der Waals surface area contributed by atoms with Crippen molar-refractivity contribution in [2.45, 2.75) is 26.2 Å². The highest BCUT2D eigenvalue weighted by Crippen LogP contribution is 2.30. The van der Waals surface area contributed by atoms with Crippen molar-refractivity contribution in [3.05, 3.63) is 40.2 Å². The van der Waals surface area contributed by atoms with Crippen LogP contribution in [0.25, 0.3) is 0 Å². The summed E-state index contributed by atoms with van der Waals surface area (Å²) in [5.41, 5.74) is 2.42. The first kappa shape index (κ1) is 11.3. The summed E-state index contributed by atoms with van der Waals surface area (Å²) in [5.74, 6) is -0.189. The second-order valence-corrected chi connectivity index (χ2v) is 5.44. The molecule has 1 aliphatic carbocycles. The highest BCUT2D eigenvalue weighted by atomic mass is 32.1. The number of thiazole rings is 1. The molecule has 3 rings (SSSR count). The number of pyridine rings is 1. The van der Waals surface area contributed by atoms with Gasteiger partial charge in [0.25, 0.3) is 5.91 Å². The molecule has 0 saturated heterocycles. The van der Waals surface area contributed by atoms with Crippen molar-refractivity contribution in [1.29, 1.82) is 0 Å². The van der Waals surface area contributed by atoms with E-state index in [0.717, 1.165) is 24.2 Å². The Morgan fingerprint density at radius 1 is 1.33 bits per heavy atom. The Morgan fingerprint density at radius 2 is 2.22 bits per heavy atom. The Bertz CT molecular complexity index is 585. The zero-order chi connectivity index (χ0) is 12.5. The van der Waals surface area contributed by atoms with Crippen LogP contribution in [-0.4, -0.2) is 15.9 Å². The minimum absolute atomic E-state index is 0.189. The molecule has 0 bridgehead atoms. The highest BCUT2D eigenvalue weighted by Gasteiger charge is 2.18. The van der Waals surface area contributed by atoms with Gasteiger partial charge in [0.2, 0.25) is 0 Å². The largest absolute Gasteiger partial charge is 0.296 e.